The number of alkyl halides is 34. The quantitative estimate of drug-likeness (QED) is 0.0785. The highest BCUT2D eigenvalue weighted by atomic mass is 32.1. The first-order valence-electron chi connectivity index (χ1n) is 20.2. The van der Waals surface area contributed by atoms with Crippen LogP contribution >= 0.6 is 12.2 Å². The molecule has 42 heteroatoms. The van der Waals surface area contributed by atoms with Gasteiger partial charge in [-0.25, -0.2) is 0 Å². The van der Waals surface area contributed by atoms with E-state index in [0.717, 1.165) is 13.8 Å². The molecule has 3 fully saturated rings. The van der Waals surface area contributed by atoms with E-state index < -0.39 is 188 Å². The first kappa shape index (κ1) is 68.4. The van der Waals surface area contributed by atoms with Crippen LogP contribution in [0.3, 0.4) is 0 Å². The zero-order valence-electron chi connectivity index (χ0n) is 37.5. The van der Waals surface area contributed by atoms with Gasteiger partial charge in [-0.2, -0.15) is 149 Å². The van der Waals surface area contributed by atoms with Gasteiger partial charge in [-0.3, -0.25) is 0 Å². The fourth-order valence-electron chi connectivity index (χ4n) is 6.99. The Morgan fingerprint density at radius 1 is 0.429 bits per heavy atom. The maximum Gasteiger partial charge on any atom is 0.460 e. The molecular formula is C35H31F34NO6S. The van der Waals surface area contributed by atoms with Gasteiger partial charge < -0.3 is 33.3 Å². The summed E-state index contributed by atoms with van der Waals surface area (Å²) in [4.78, 5) is -0.277. The molecule has 3 aliphatic heterocycles. The predicted octanol–water partition coefficient (Wildman–Crippen LogP) is 13.6. The summed E-state index contributed by atoms with van der Waals surface area (Å²) < 4.78 is 503. The number of ether oxygens (including phenoxy) is 6. The molecule has 0 bridgehead atoms. The van der Waals surface area contributed by atoms with Crippen LogP contribution in [0.2, 0.25) is 0 Å². The molecule has 0 amide bonds. The molecule has 3 rings (SSSR count). The third kappa shape index (κ3) is 10.7. The number of hydrogen-bond donors (Lipinski definition) is 0. The lowest BCUT2D eigenvalue weighted by molar-refractivity contribution is -0.461. The van der Waals surface area contributed by atoms with Crippen LogP contribution in [0.5, 0.6) is 0 Å². The van der Waals surface area contributed by atoms with Crippen LogP contribution in [0, 0.1) is 0 Å². The van der Waals surface area contributed by atoms with E-state index >= 15 is 0 Å². The Kier molecular flexibility index (Phi) is 17.4. The molecule has 3 saturated heterocycles. The SMILES string of the molecule is CC1(C)O[C@H]2O[C@H]([C@H]3COC(C)(C)O3)[C@H](OC(=S)N(CCCC(F)(F)C(F)(F)C(F)(F)C(F)(F)C(F)(F)C(F)(F)C(F)(F)C(F)(F)F)CCCC(F)(F)C(F)(F)C(F)(F)C(F)(F)C(F)(F)C(F)(F)C(F)(F)C(F)(F)F)[C@H]2O1. The highest BCUT2D eigenvalue weighted by Crippen LogP contribution is 2.66. The van der Waals surface area contributed by atoms with Gasteiger partial charge in [0.1, 0.15) is 12.2 Å². The van der Waals surface area contributed by atoms with Gasteiger partial charge in [0.2, 0.25) is 0 Å². The normalized spacial score (nSPS) is 24.4. The van der Waals surface area contributed by atoms with E-state index in [9.17, 15) is 149 Å². The van der Waals surface area contributed by atoms with E-state index in [1.807, 2.05) is 0 Å². The molecule has 5 atom stereocenters. The Morgan fingerprint density at radius 3 is 1.04 bits per heavy atom. The van der Waals surface area contributed by atoms with Gasteiger partial charge in [0, 0.05) is 25.9 Å². The molecule has 7 nitrogen and oxygen atoms in total. The summed E-state index contributed by atoms with van der Waals surface area (Å²) in [6.07, 6.45) is -35.7. The standard InChI is InChI=1S/C35H31F34NO6S/c1-18(2)71-11-12(74-18)13-14(15-16(72-13)76-19(3,4)75-15)73-17(77)70(9-5-7-20(36,37)22(40,41)24(44,45)26(48,49)28(52,53)30(56,57)32(60,61)34(64,65)66)10-6-8-21(38,39)23(42,43)25(46,47)27(50,51)29(54,55)31(58,59)33(62,63)35(67,68)69/h12-16H,5-11H2,1-4H3/t12-,13-,14+,15-,16-/m1/s1. The molecule has 0 saturated carbocycles. The number of hydrogen-bond acceptors (Lipinski definition) is 7. The van der Waals surface area contributed by atoms with Crippen molar-refractivity contribution >= 4 is 17.4 Å². The Labute approximate surface area is 411 Å². The van der Waals surface area contributed by atoms with E-state index in [0.29, 0.717) is 0 Å². The zero-order valence-corrected chi connectivity index (χ0v) is 38.3. The van der Waals surface area contributed by atoms with E-state index in [4.69, 9.17) is 40.6 Å². The Balaban J connectivity index is 2.06. The average molecular weight is 1240 g/mol. The van der Waals surface area contributed by atoms with Gasteiger partial charge in [0.15, 0.2) is 30.1 Å². The number of thiocarbonyl (C=S) groups is 1. The van der Waals surface area contributed by atoms with Crippen molar-refractivity contribution in [2.75, 3.05) is 19.7 Å². The third-order valence-electron chi connectivity index (χ3n) is 11.3. The minimum atomic E-state index is -9.07. The van der Waals surface area contributed by atoms with E-state index in [1.165, 1.54) is 13.8 Å². The van der Waals surface area contributed by atoms with Crippen molar-refractivity contribution in [2.24, 2.45) is 0 Å². The van der Waals surface area contributed by atoms with Crippen molar-refractivity contribution in [1.29, 1.82) is 0 Å². The van der Waals surface area contributed by atoms with Crippen molar-refractivity contribution in [3.8, 4) is 0 Å². The van der Waals surface area contributed by atoms with Gasteiger partial charge in [-0.15, -0.1) is 0 Å². The molecule has 3 heterocycles. The number of nitrogens with zero attached hydrogens (tertiary/aromatic N) is 1. The zero-order chi connectivity index (χ0) is 61.2. The molecule has 3 aliphatic rings. The highest BCUT2D eigenvalue weighted by Gasteiger charge is 2.97. The predicted molar refractivity (Wildman–Crippen MR) is 182 cm³/mol. The van der Waals surface area contributed by atoms with Crippen LogP contribution in [0.15, 0.2) is 0 Å². The smallest absolute Gasteiger partial charge is 0.460 e. The van der Waals surface area contributed by atoms with Crippen molar-refractivity contribution in [1.82, 2.24) is 4.90 Å². The second kappa shape index (κ2) is 19.6. The van der Waals surface area contributed by atoms with E-state index in [1.54, 1.807) is 0 Å². The molecule has 0 radical (unpaired) electrons. The first-order chi connectivity index (χ1) is 33.4. The van der Waals surface area contributed by atoms with Gasteiger partial charge in [0.25, 0.3) is 5.17 Å². The fourth-order valence-corrected chi connectivity index (χ4v) is 7.28. The molecule has 0 aromatic carbocycles. The van der Waals surface area contributed by atoms with Crippen molar-refractivity contribution in [2.45, 2.75) is 191 Å². The lowest BCUT2D eigenvalue weighted by atomic mass is 9.88. The molecule has 0 aliphatic carbocycles. The fraction of sp³-hybridized carbons (Fsp3) is 0.971. The second-order valence-electron chi connectivity index (χ2n) is 17.8. The summed E-state index contributed by atoms with van der Waals surface area (Å²) in [6.45, 7) is 0.317. The first-order valence-corrected chi connectivity index (χ1v) is 20.6. The monoisotopic (exact) mass is 1240 g/mol. The number of fused-ring (bicyclic) bond motifs is 1. The summed E-state index contributed by atoms with van der Waals surface area (Å²) in [5, 5.41) is -1.60. The van der Waals surface area contributed by atoms with Crippen molar-refractivity contribution < 1.29 is 178 Å². The molecular weight excluding hydrogens is 1210 g/mol. The summed E-state index contributed by atoms with van der Waals surface area (Å²) in [6, 6.07) is 0. The number of halogens is 34. The van der Waals surface area contributed by atoms with Crippen LogP contribution in [0.4, 0.5) is 149 Å². The maximum atomic E-state index is 14.9. The maximum absolute atomic E-state index is 14.9. The van der Waals surface area contributed by atoms with Crippen LogP contribution in [0.25, 0.3) is 0 Å². The summed E-state index contributed by atoms with van der Waals surface area (Å²) in [5.74, 6) is -123. The van der Waals surface area contributed by atoms with Gasteiger partial charge in [-0.1, -0.05) is 0 Å². The topological polar surface area (TPSA) is 58.6 Å². The van der Waals surface area contributed by atoms with Crippen LogP contribution in [0.1, 0.15) is 53.4 Å². The molecule has 0 N–H and O–H groups in total. The summed E-state index contributed by atoms with van der Waals surface area (Å²) in [5.41, 5.74) is 0. The van der Waals surface area contributed by atoms with Crippen LogP contribution in [-0.2, 0) is 28.4 Å². The Morgan fingerprint density at radius 2 is 0.740 bits per heavy atom. The van der Waals surface area contributed by atoms with E-state index in [-0.39, 0.29) is 4.90 Å². The van der Waals surface area contributed by atoms with Gasteiger partial charge >= 0.3 is 95.3 Å². The van der Waals surface area contributed by atoms with E-state index in [2.05, 4.69) is 0 Å². The average Bonchev–Trinajstić information content (AvgIpc) is 3.85. The van der Waals surface area contributed by atoms with Crippen molar-refractivity contribution in [3.05, 3.63) is 0 Å². The molecule has 456 valence electrons. The number of rotatable bonds is 22. The molecule has 0 aromatic heterocycles. The molecule has 0 aromatic rings. The minimum Gasteiger partial charge on any atom is -0.462 e. The van der Waals surface area contributed by atoms with Crippen LogP contribution in [-0.4, -0.2) is 167 Å². The van der Waals surface area contributed by atoms with Gasteiger partial charge in [-0.05, 0) is 52.8 Å². The van der Waals surface area contributed by atoms with Crippen LogP contribution < -0.4 is 0 Å². The summed E-state index contributed by atoms with van der Waals surface area (Å²) >= 11 is 4.82. The minimum absolute atomic E-state index is 0.277. The lowest BCUT2D eigenvalue weighted by Gasteiger charge is -2.43. The second-order valence-corrected chi connectivity index (χ2v) is 18.1. The highest BCUT2D eigenvalue weighted by molar-refractivity contribution is 7.80. The Bertz CT molecular complexity index is 2010. The Hall–Kier alpha value is -2.89. The molecule has 0 unspecified atom stereocenters. The largest absolute Gasteiger partial charge is 0.462 e. The van der Waals surface area contributed by atoms with Gasteiger partial charge in [0.05, 0.1) is 6.61 Å². The lowest BCUT2D eigenvalue weighted by Crippen LogP contribution is -2.74. The molecule has 0 spiro atoms. The molecule has 77 heavy (non-hydrogen) atoms. The van der Waals surface area contributed by atoms with Crippen molar-refractivity contribution in [3.63, 3.8) is 0 Å². The third-order valence-corrected chi connectivity index (χ3v) is 11.7. The summed E-state index contributed by atoms with van der Waals surface area (Å²) in [7, 11) is 0.